The summed E-state index contributed by atoms with van der Waals surface area (Å²) in [5, 5.41) is 17.3. The number of thiocarbonyl (C=S) groups is 1. The Kier molecular flexibility index (Phi) is 4.59. The Balaban J connectivity index is 1.70. The van der Waals surface area contributed by atoms with Gasteiger partial charge in [-0.05, 0) is 54.4 Å². The zero-order chi connectivity index (χ0) is 18.0. The number of hydrogen-bond donors (Lipinski definition) is 2. The van der Waals surface area contributed by atoms with Gasteiger partial charge in [-0.3, -0.25) is 10.1 Å². The molecule has 2 aromatic carbocycles. The van der Waals surface area contributed by atoms with Gasteiger partial charge in [0.25, 0.3) is 5.69 Å². The summed E-state index contributed by atoms with van der Waals surface area (Å²) < 4.78 is 5.71. The lowest BCUT2D eigenvalue weighted by Gasteiger charge is -2.32. The van der Waals surface area contributed by atoms with Crippen molar-refractivity contribution in [3.63, 3.8) is 0 Å². The zero-order valence-electron chi connectivity index (χ0n) is 14.0. The van der Waals surface area contributed by atoms with Crippen LogP contribution in [0.4, 0.5) is 17.1 Å². The molecule has 0 atom stereocenters. The fraction of sp³-hybridized carbons (Fsp3) is 0.278. The molecule has 0 aliphatic carbocycles. The molecule has 0 aromatic heterocycles. The predicted molar refractivity (Wildman–Crippen MR) is 103 cm³/mol. The van der Waals surface area contributed by atoms with E-state index in [1.807, 2.05) is 12.1 Å². The zero-order valence-corrected chi connectivity index (χ0v) is 14.9. The van der Waals surface area contributed by atoms with Crippen molar-refractivity contribution in [2.24, 2.45) is 0 Å². The molecule has 0 spiro atoms. The topological polar surface area (TPSA) is 76.4 Å². The molecule has 6 nitrogen and oxygen atoms in total. The highest BCUT2D eigenvalue weighted by molar-refractivity contribution is 7.80. The minimum Gasteiger partial charge on any atom is -0.493 e. The molecule has 0 bridgehead atoms. The minimum atomic E-state index is -0.433. The van der Waals surface area contributed by atoms with Crippen LogP contribution in [0, 0.1) is 10.1 Å². The fourth-order valence-electron chi connectivity index (χ4n) is 2.77. The first-order valence-corrected chi connectivity index (χ1v) is 8.36. The summed E-state index contributed by atoms with van der Waals surface area (Å²) in [4.78, 5) is 10.2. The number of fused-ring (bicyclic) bond motifs is 1. The summed E-state index contributed by atoms with van der Waals surface area (Å²) in [6.45, 7) is 5.13. The second-order valence-electron chi connectivity index (χ2n) is 6.58. The van der Waals surface area contributed by atoms with E-state index in [0.29, 0.717) is 10.8 Å². The monoisotopic (exact) mass is 357 g/mol. The second-order valence-corrected chi connectivity index (χ2v) is 6.98. The Morgan fingerprint density at radius 2 is 1.80 bits per heavy atom. The average Bonchev–Trinajstić information content (AvgIpc) is 2.55. The Morgan fingerprint density at radius 1 is 1.16 bits per heavy atom. The van der Waals surface area contributed by atoms with Gasteiger partial charge in [-0.1, -0.05) is 13.8 Å². The summed E-state index contributed by atoms with van der Waals surface area (Å²) in [5.74, 6) is 0.913. The van der Waals surface area contributed by atoms with Gasteiger partial charge in [0.2, 0.25) is 0 Å². The van der Waals surface area contributed by atoms with Gasteiger partial charge >= 0.3 is 0 Å². The summed E-state index contributed by atoms with van der Waals surface area (Å²) >= 11 is 5.33. The highest BCUT2D eigenvalue weighted by Gasteiger charge is 2.28. The standard InChI is InChI=1S/C18H19N3O3S/c1-18(2)9-10-24-16-8-5-13(11-15(16)18)20-17(25)19-12-3-6-14(7-4-12)21(22)23/h3-8,11H,9-10H2,1-2H3,(H2,19,20,25). The summed E-state index contributed by atoms with van der Waals surface area (Å²) in [5.41, 5.74) is 2.81. The Bertz CT molecular complexity index is 819. The van der Waals surface area contributed by atoms with E-state index in [4.69, 9.17) is 17.0 Å². The van der Waals surface area contributed by atoms with E-state index in [9.17, 15) is 10.1 Å². The van der Waals surface area contributed by atoms with Gasteiger partial charge in [-0.2, -0.15) is 0 Å². The second kappa shape index (κ2) is 6.68. The van der Waals surface area contributed by atoms with E-state index < -0.39 is 4.92 Å². The highest BCUT2D eigenvalue weighted by Crippen LogP contribution is 2.39. The van der Waals surface area contributed by atoms with Crippen molar-refractivity contribution in [2.75, 3.05) is 17.2 Å². The molecule has 1 aliphatic rings. The van der Waals surface area contributed by atoms with Crippen LogP contribution in [-0.4, -0.2) is 16.6 Å². The van der Waals surface area contributed by atoms with Crippen LogP contribution in [0.3, 0.4) is 0 Å². The normalized spacial score (nSPS) is 14.8. The first kappa shape index (κ1) is 17.2. The minimum absolute atomic E-state index is 0.0429. The van der Waals surface area contributed by atoms with E-state index in [2.05, 4.69) is 30.5 Å². The van der Waals surface area contributed by atoms with E-state index in [1.54, 1.807) is 12.1 Å². The van der Waals surface area contributed by atoms with Gasteiger partial charge in [0.15, 0.2) is 5.11 Å². The van der Waals surface area contributed by atoms with Gasteiger partial charge < -0.3 is 15.4 Å². The van der Waals surface area contributed by atoms with Crippen LogP contribution >= 0.6 is 12.2 Å². The van der Waals surface area contributed by atoms with Gasteiger partial charge in [0.05, 0.1) is 11.5 Å². The van der Waals surface area contributed by atoms with Gasteiger partial charge in [0.1, 0.15) is 5.75 Å². The number of nitrogens with one attached hydrogen (secondary N) is 2. The predicted octanol–water partition coefficient (Wildman–Crippen LogP) is 4.46. The van der Waals surface area contributed by atoms with Crippen molar-refractivity contribution in [2.45, 2.75) is 25.7 Å². The van der Waals surface area contributed by atoms with Gasteiger partial charge in [-0.25, -0.2) is 0 Å². The third-order valence-electron chi connectivity index (χ3n) is 4.29. The van der Waals surface area contributed by atoms with E-state index in [-0.39, 0.29) is 11.1 Å². The largest absolute Gasteiger partial charge is 0.493 e. The molecule has 2 N–H and O–H groups in total. The number of anilines is 2. The van der Waals surface area contributed by atoms with Crippen LogP contribution in [-0.2, 0) is 5.41 Å². The molecular weight excluding hydrogens is 338 g/mol. The lowest BCUT2D eigenvalue weighted by atomic mass is 9.80. The molecule has 0 unspecified atom stereocenters. The van der Waals surface area contributed by atoms with Crippen LogP contribution in [0.5, 0.6) is 5.75 Å². The molecule has 1 heterocycles. The molecule has 0 saturated heterocycles. The maximum atomic E-state index is 10.7. The maximum absolute atomic E-state index is 10.7. The van der Waals surface area contributed by atoms with Crippen molar-refractivity contribution in [1.82, 2.24) is 0 Å². The van der Waals surface area contributed by atoms with Crippen molar-refractivity contribution in [1.29, 1.82) is 0 Å². The lowest BCUT2D eigenvalue weighted by molar-refractivity contribution is -0.384. The maximum Gasteiger partial charge on any atom is 0.269 e. The molecule has 0 saturated carbocycles. The third kappa shape index (κ3) is 3.88. The summed E-state index contributed by atoms with van der Waals surface area (Å²) in [7, 11) is 0. The van der Waals surface area contributed by atoms with Crippen molar-refractivity contribution < 1.29 is 9.66 Å². The van der Waals surface area contributed by atoms with Crippen LogP contribution < -0.4 is 15.4 Å². The molecular formula is C18H19N3O3S. The molecule has 7 heteroatoms. The Morgan fingerprint density at radius 3 is 2.48 bits per heavy atom. The van der Waals surface area contributed by atoms with E-state index in [1.165, 1.54) is 12.1 Å². The first-order valence-electron chi connectivity index (χ1n) is 7.95. The number of ether oxygens (including phenoxy) is 1. The van der Waals surface area contributed by atoms with E-state index in [0.717, 1.165) is 30.0 Å². The SMILES string of the molecule is CC1(C)CCOc2ccc(NC(=S)Nc3ccc([N+](=O)[O-])cc3)cc21. The number of nitro groups is 1. The van der Waals surface area contributed by atoms with Crippen molar-refractivity contribution in [3.8, 4) is 5.75 Å². The Hall–Kier alpha value is -2.67. The number of nitrogens with zero attached hydrogens (tertiary/aromatic N) is 1. The smallest absolute Gasteiger partial charge is 0.269 e. The molecule has 2 aromatic rings. The lowest BCUT2D eigenvalue weighted by Crippen LogP contribution is -2.27. The molecule has 0 radical (unpaired) electrons. The summed E-state index contributed by atoms with van der Waals surface area (Å²) in [6, 6.07) is 12.0. The van der Waals surface area contributed by atoms with Crippen LogP contribution in [0.2, 0.25) is 0 Å². The summed E-state index contributed by atoms with van der Waals surface area (Å²) in [6.07, 6.45) is 0.967. The third-order valence-corrected chi connectivity index (χ3v) is 4.49. The highest BCUT2D eigenvalue weighted by atomic mass is 32.1. The Labute approximate surface area is 151 Å². The molecule has 0 amide bonds. The molecule has 130 valence electrons. The number of benzene rings is 2. The molecule has 25 heavy (non-hydrogen) atoms. The number of rotatable bonds is 3. The molecule has 3 rings (SSSR count). The number of hydrogen-bond acceptors (Lipinski definition) is 4. The fourth-order valence-corrected chi connectivity index (χ4v) is 3.01. The first-order chi connectivity index (χ1) is 11.8. The van der Waals surface area contributed by atoms with Gasteiger partial charge in [-0.15, -0.1) is 0 Å². The number of nitro benzene ring substituents is 1. The van der Waals surface area contributed by atoms with Gasteiger partial charge in [0, 0.05) is 29.1 Å². The van der Waals surface area contributed by atoms with Crippen molar-refractivity contribution in [3.05, 3.63) is 58.1 Å². The van der Waals surface area contributed by atoms with Crippen LogP contribution in [0.15, 0.2) is 42.5 Å². The van der Waals surface area contributed by atoms with E-state index >= 15 is 0 Å². The number of non-ortho nitro benzene ring substituents is 1. The quantitative estimate of drug-likeness (QED) is 0.480. The average molecular weight is 357 g/mol. The van der Waals surface area contributed by atoms with Crippen LogP contribution in [0.25, 0.3) is 0 Å². The molecule has 0 fully saturated rings. The van der Waals surface area contributed by atoms with Crippen molar-refractivity contribution >= 4 is 34.4 Å². The van der Waals surface area contributed by atoms with Crippen LogP contribution in [0.1, 0.15) is 25.8 Å². The molecule has 1 aliphatic heterocycles.